The Hall–Kier alpha value is -3.88. The zero-order chi connectivity index (χ0) is 21.7. The molecule has 0 amide bonds. The fraction of sp³-hybridized carbons (Fsp3) is 0.217. The fourth-order valence-corrected chi connectivity index (χ4v) is 4.34. The smallest absolute Gasteiger partial charge is 0.298 e. The fourth-order valence-electron chi connectivity index (χ4n) is 4.34. The van der Waals surface area contributed by atoms with E-state index in [2.05, 4.69) is 20.3 Å². The van der Waals surface area contributed by atoms with Gasteiger partial charge in [-0.25, -0.2) is 8.78 Å². The highest BCUT2D eigenvalue weighted by molar-refractivity contribution is 6.01. The van der Waals surface area contributed by atoms with Crippen LogP contribution in [-0.4, -0.2) is 38.1 Å². The molecular formula is C23H18F2N6O. The Morgan fingerprint density at radius 1 is 0.875 bits per heavy atom. The Morgan fingerprint density at radius 2 is 1.59 bits per heavy atom. The Morgan fingerprint density at radius 3 is 2.34 bits per heavy atom. The molecule has 5 aromatic rings. The van der Waals surface area contributed by atoms with Crippen LogP contribution in [0.5, 0.6) is 0 Å². The average Bonchev–Trinajstić information content (AvgIpc) is 3.58. The maximum atomic E-state index is 13.9. The molecule has 4 heterocycles. The van der Waals surface area contributed by atoms with E-state index in [9.17, 15) is 8.78 Å². The van der Waals surface area contributed by atoms with Crippen molar-refractivity contribution < 1.29 is 13.3 Å². The Bertz CT molecular complexity index is 1420. The second-order valence-corrected chi connectivity index (χ2v) is 7.76. The van der Waals surface area contributed by atoms with Gasteiger partial charge in [-0.3, -0.25) is 0 Å². The van der Waals surface area contributed by atoms with Crippen molar-refractivity contribution in [3.63, 3.8) is 0 Å². The van der Waals surface area contributed by atoms with Gasteiger partial charge in [0.25, 0.3) is 6.43 Å². The van der Waals surface area contributed by atoms with Gasteiger partial charge < -0.3 is 9.42 Å². The zero-order valence-corrected chi connectivity index (χ0v) is 16.9. The van der Waals surface area contributed by atoms with E-state index in [0.29, 0.717) is 11.2 Å². The predicted octanol–water partition coefficient (Wildman–Crippen LogP) is 5.14. The van der Waals surface area contributed by atoms with Gasteiger partial charge in [-0.1, -0.05) is 59.8 Å². The van der Waals surface area contributed by atoms with Crippen molar-refractivity contribution in [3.05, 3.63) is 60.4 Å². The molecule has 0 aliphatic carbocycles. The lowest BCUT2D eigenvalue weighted by Crippen LogP contribution is -2.20. The molecule has 1 aliphatic rings. The van der Waals surface area contributed by atoms with Gasteiger partial charge in [-0.15, -0.1) is 15.3 Å². The number of aromatic nitrogens is 5. The summed E-state index contributed by atoms with van der Waals surface area (Å²) in [6.07, 6.45) is -0.689. The molecule has 1 fully saturated rings. The summed E-state index contributed by atoms with van der Waals surface area (Å²) >= 11 is 0. The van der Waals surface area contributed by atoms with E-state index >= 15 is 0 Å². The number of halogens is 2. The maximum absolute atomic E-state index is 13.9. The Labute approximate surface area is 181 Å². The van der Waals surface area contributed by atoms with Gasteiger partial charge >= 0.3 is 0 Å². The molecule has 1 aliphatic heterocycles. The van der Waals surface area contributed by atoms with Crippen LogP contribution in [0.25, 0.3) is 39.1 Å². The topological polar surface area (TPSA) is 72.3 Å². The van der Waals surface area contributed by atoms with E-state index in [1.165, 1.54) is 0 Å². The highest BCUT2D eigenvalue weighted by Crippen LogP contribution is 2.39. The number of fused-ring (bicyclic) bond motifs is 3. The standard InChI is InChI=1S/C23H18F2N6O/c24-20(25)19-17(18(29-32-19)14-8-2-1-3-9-14)23-27-26-21-15-10-4-5-11-16(15)22(28-31(21)23)30-12-6-7-13-30/h1-5,8-11,20H,6-7,12-13H2. The lowest BCUT2D eigenvalue weighted by molar-refractivity contribution is 0.113. The Balaban J connectivity index is 1.66. The first-order valence-electron chi connectivity index (χ1n) is 10.4. The van der Waals surface area contributed by atoms with Gasteiger partial charge in [0.2, 0.25) is 5.76 Å². The van der Waals surface area contributed by atoms with Gasteiger partial charge in [-0.05, 0) is 12.8 Å². The lowest BCUT2D eigenvalue weighted by Gasteiger charge is -2.18. The van der Waals surface area contributed by atoms with E-state index in [1.807, 2.05) is 42.5 Å². The number of hydrogen-bond acceptors (Lipinski definition) is 6. The van der Waals surface area contributed by atoms with Crippen molar-refractivity contribution in [1.82, 2.24) is 25.0 Å². The van der Waals surface area contributed by atoms with E-state index in [0.717, 1.165) is 42.5 Å². The summed E-state index contributed by atoms with van der Waals surface area (Å²) in [5, 5.41) is 19.2. The van der Waals surface area contributed by atoms with Gasteiger partial charge in [-0.2, -0.15) is 4.52 Å². The highest BCUT2D eigenvalue weighted by atomic mass is 19.3. The normalized spacial score (nSPS) is 14.3. The van der Waals surface area contributed by atoms with E-state index in [4.69, 9.17) is 9.62 Å². The summed E-state index contributed by atoms with van der Waals surface area (Å²) in [6.45, 7) is 1.79. The van der Waals surface area contributed by atoms with Crippen molar-refractivity contribution in [2.45, 2.75) is 19.3 Å². The van der Waals surface area contributed by atoms with Gasteiger partial charge in [0, 0.05) is 29.4 Å². The number of nitrogens with zero attached hydrogens (tertiary/aromatic N) is 6. The van der Waals surface area contributed by atoms with Crippen molar-refractivity contribution >= 4 is 22.2 Å². The number of benzene rings is 2. The number of hydrogen-bond donors (Lipinski definition) is 0. The molecule has 9 heteroatoms. The highest BCUT2D eigenvalue weighted by Gasteiger charge is 2.30. The molecule has 0 spiro atoms. The molecule has 0 bridgehead atoms. The van der Waals surface area contributed by atoms with E-state index in [1.54, 1.807) is 16.6 Å². The second kappa shape index (κ2) is 7.37. The van der Waals surface area contributed by atoms with Crippen LogP contribution in [0.1, 0.15) is 25.0 Å². The lowest BCUT2D eigenvalue weighted by atomic mass is 10.1. The van der Waals surface area contributed by atoms with Crippen LogP contribution in [-0.2, 0) is 0 Å². The molecule has 0 radical (unpaired) electrons. The zero-order valence-electron chi connectivity index (χ0n) is 16.9. The molecule has 1 saturated heterocycles. The summed E-state index contributed by atoms with van der Waals surface area (Å²) < 4.78 is 34.4. The maximum Gasteiger partial charge on any atom is 0.298 e. The summed E-state index contributed by atoms with van der Waals surface area (Å²) in [7, 11) is 0. The predicted molar refractivity (Wildman–Crippen MR) is 116 cm³/mol. The molecule has 0 atom stereocenters. The third kappa shape index (κ3) is 2.84. The molecular weight excluding hydrogens is 414 g/mol. The molecule has 0 N–H and O–H groups in total. The van der Waals surface area contributed by atoms with Crippen LogP contribution in [0.2, 0.25) is 0 Å². The first-order valence-corrected chi connectivity index (χ1v) is 10.4. The largest absolute Gasteiger partial charge is 0.355 e. The van der Waals surface area contributed by atoms with E-state index < -0.39 is 12.2 Å². The van der Waals surface area contributed by atoms with Gasteiger partial charge in [0.15, 0.2) is 17.3 Å². The molecule has 6 rings (SSSR count). The minimum Gasteiger partial charge on any atom is -0.355 e. The quantitative estimate of drug-likeness (QED) is 0.392. The van der Waals surface area contributed by atoms with Crippen LogP contribution < -0.4 is 4.90 Å². The van der Waals surface area contributed by atoms with Crippen LogP contribution >= 0.6 is 0 Å². The van der Waals surface area contributed by atoms with Gasteiger partial charge in [0.05, 0.1) is 5.56 Å². The molecule has 3 aromatic heterocycles. The van der Waals surface area contributed by atoms with Crippen molar-refractivity contribution in [2.75, 3.05) is 18.0 Å². The summed E-state index contributed by atoms with van der Waals surface area (Å²) in [4.78, 5) is 2.21. The minimum atomic E-state index is -2.86. The van der Waals surface area contributed by atoms with Crippen molar-refractivity contribution in [2.24, 2.45) is 0 Å². The first kappa shape index (κ1) is 18.9. The van der Waals surface area contributed by atoms with Crippen LogP contribution in [0, 0.1) is 0 Å². The van der Waals surface area contributed by atoms with Crippen LogP contribution in [0.4, 0.5) is 14.6 Å². The molecule has 160 valence electrons. The number of anilines is 1. The Kier molecular flexibility index (Phi) is 4.34. The van der Waals surface area contributed by atoms with Crippen LogP contribution in [0.15, 0.2) is 59.1 Å². The van der Waals surface area contributed by atoms with Crippen molar-refractivity contribution in [1.29, 1.82) is 0 Å². The second-order valence-electron chi connectivity index (χ2n) is 7.76. The minimum absolute atomic E-state index is 0.105. The summed E-state index contributed by atoms with van der Waals surface area (Å²) in [6, 6.07) is 16.9. The van der Waals surface area contributed by atoms with Crippen molar-refractivity contribution in [3.8, 4) is 22.6 Å². The van der Waals surface area contributed by atoms with E-state index in [-0.39, 0.29) is 17.1 Å². The third-order valence-electron chi connectivity index (χ3n) is 5.84. The number of alkyl halides is 2. The SMILES string of the molecule is FC(F)c1onc(-c2ccccc2)c1-c1nnc2c3ccccc3c(N3CCCC3)nn12. The molecule has 32 heavy (non-hydrogen) atoms. The number of rotatable bonds is 4. The average molecular weight is 432 g/mol. The third-order valence-corrected chi connectivity index (χ3v) is 5.84. The molecule has 0 saturated carbocycles. The summed E-state index contributed by atoms with van der Waals surface area (Å²) in [5.74, 6) is 0.431. The summed E-state index contributed by atoms with van der Waals surface area (Å²) in [5.41, 5.74) is 1.54. The first-order chi connectivity index (χ1) is 15.7. The monoisotopic (exact) mass is 432 g/mol. The van der Waals surface area contributed by atoms with Gasteiger partial charge in [0.1, 0.15) is 5.69 Å². The van der Waals surface area contributed by atoms with Crippen LogP contribution in [0.3, 0.4) is 0 Å². The molecule has 0 unspecified atom stereocenters. The molecule has 7 nitrogen and oxygen atoms in total. The molecule has 2 aromatic carbocycles.